The highest BCUT2D eigenvalue weighted by Gasteiger charge is 2.37. The fourth-order valence-corrected chi connectivity index (χ4v) is 2.10. The van der Waals surface area contributed by atoms with Gasteiger partial charge in [-0.05, 0) is 49.9 Å². The highest BCUT2D eigenvalue weighted by molar-refractivity contribution is 5.25. The standard InChI is InChI=1S/C13H20N2/c14-7-4-8-15-10-12-9-13(12)11-5-2-1-3-6-11/h1-3,5-6,12-13,15H,4,7-10,14H2. The second-order valence-corrected chi connectivity index (χ2v) is 4.36. The molecule has 2 atom stereocenters. The van der Waals surface area contributed by atoms with Crippen LogP contribution in [0.5, 0.6) is 0 Å². The van der Waals surface area contributed by atoms with Crippen LogP contribution in [0.15, 0.2) is 30.3 Å². The Kier molecular flexibility index (Phi) is 3.75. The monoisotopic (exact) mass is 204 g/mol. The summed E-state index contributed by atoms with van der Waals surface area (Å²) >= 11 is 0. The van der Waals surface area contributed by atoms with Crippen LogP contribution in [0.25, 0.3) is 0 Å². The van der Waals surface area contributed by atoms with Crippen molar-refractivity contribution >= 4 is 0 Å². The average Bonchev–Trinajstić information content (AvgIpc) is 3.05. The molecule has 0 saturated heterocycles. The van der Waals surface area contributed by atoms with Crippen molar-refractivity contribution in [3.63, 3.8) is 0 Å². The summed E-state index contributed by atoms with van der Waals surface area (Å²) < 4.78 is 0. The van der Waals surface area contributed by atoms with Gasteiger partial charge in [0.2, 0.25) is 0 Å². The van der Waals surface area contributed by atoms with Gasteiger partial charge in [-0.2, -0.15) is 0 Å². The second kappa shape index (κ2) is 5.29. The van der Waals surface area contributed by atoms with Gasteiger partial charge in [-0.25, -0.2) is 0 Å². The molecule has 2 rings (SSSR count). The van der Waals surface area contributed by atoms with E-state index in [4.69, 9.17) is 5.73 Å². The Bertz CT molecular complexity index is 284. The molecule has 1 fully saturated rings. The van der Waals surface area contributed by atoms with Crippen LogP contribution in [-0.2, 0) is 0 Å². The molecule has 0 aliphatic heterocycles. The van der Waals surface area contributed by atoms with Gasteiger partial charge >= 0.3 is 0 Å². The minimum absolute atomic E-state index is 0.791. The number of benzene rings is 1. The quantitative estimate of drug-likeness (QED) is 0.693. The van der Waals surface area contributed by atoms with E-state index in [0.717, 1.165) is 37.9 Å². The van der Waals surface area contributed by atoms with Gasteiger partial charge in [-0.15, -0.1) is 0 Å². The third kappa shape index (κ3) is 3.05. The highest BCUT2D eigenvalue weighted by Crippen LogP contribution is 2.46. The van der Waals surface area contributed by atoms with Gasteiger partial charge in [-0.1, -0.05) is 30.3 Å². The Morgan fingerprint density at radius 1 is 1.27 bits per heavy atom. The van der Waals surface area contributed by atoms with E-state index in [-0.39, 0.29) is 0 Å². The molecule has 0 radical (unpaired) electrons. The molecule has 1 saturated carbocycles. The van der Waals surface area contributed by atoms with Gasteiger partial charge in [0, 0.05) is 0 Å². The predicted octanol–water partition coefficient (Wildman–Crippen LogP) is 1.73. The normalized spacial score (nSPS) is 24.1. The Morgan fingerprint density at radius 3 is 2.80 bits per heavy atom. The number of nitrogens with one attached hydrogen (secondary N) is 1. The van der Waals surface area contributed by atoms with Gasteiger partial charge in [0.15, 0.2) is 0 Å². The summed E-state index contributed by atoms with van der Waals surface area (Å²) in [5, 5.41) is 3.47. The third-order valence-electron chi connectivity index (χ3n) is 3.11. The first-order valence-electron chi connectivity index (χ1n) is 5.87. The minimum Gasteiger partial charge on any atom is -0.330 e. The minimum atomic E-state index is 0.791. The van der Waals surface area contributed by atoms with Crippen molar-refractivity contribution in [3.8, 4) is 0 Å². The molecule has 3 N–H and O–H groups in total. The fourth-order valence-electron chi connectivity index (χ4n) is 2.10. The van der Waals surface area contributed by atoms with Crippen LogP contribution >= 0.6 is 0 Å². The number of hydrogen-bond acceptors (Lipinski definition) is 2. The number of hydrogen-bond donors (Lipinski definition) is 2. The second-order valence-electron chi connectivity index (χ2n) is 4.36. The van der Waals surface area contributed by atoms with Gasteiger partial charge in [-0.3, -0.25) is 0 Å². The molecule has 2 nitrogen and oxygen atoms in total. The molecule has 0 bridgehead atoms. The Morgan fingerprint density at radius 2 is 2.07 bits per heavy atom. The summed E-state index contributed by atoms with van der Waals surface area (Å²) in [6, 6.07) is 10.8. The lowest BCUT2D eigenvalue weighted by Crippen LogP contribution is -2.20. The summed E-state index contributed by atoms with van der Waals surface area (Å²) in [7, 11) is 0. The fraction of sp³-hybridized carbons (Fsp3) is 0.538. The lowest BCUT2D eigenvalue weighted by Gasteiger charge is -2.03. The summed E-state index contributed by atoms with van der Waals surface area (Å²) in [6.07, 6.45) is 2.43. The molecule has 15 heavy (non-hydrogen) atoms. The zero-order valence-corrected chi connectivity index (χ0v) is 9.15. The topological polar surface area (TPSA) is 38.0 Å². The van der Waals surface area contributed by atoms with Crippen molar-refractivity contribution < 1.29 is 0 Å². The van der Waals surface area contributed by atoms with E-state index in [0.29, 0.717) is 0 Å². The highest BCUT2D eigenvalue weighted by atomic mass is 14.9. The van der Waals surface area contributed by atoms with Crippen molar-refractivity contribution in [2.24, 2.45) is 11.7 Å². The molecule has 1 aliphatic rings. The molecule has 1 aliphatic carbocycles. The van der Waals surface area contributed by atoms with E-state index in [9.17, 15) is 0 Å². The SMILES string of the molecule is NCCCNCC1CC1c1ccccc1. The van der Waals surface area contributed by atoms with Crippen molar-refractivity contribution in [1.82, 2.24) is 5.32 Å². The molecule has 1 aromatic carbocycles. The van der Waals surface area contributed by atoms with E-state index in [1.54, 1.807) is 0 Å². The van der Waals surface area contributed by atoms with Crippen LogP contribution in [-0.4, -0.2) is 19.6 Å². The Hall–Kier alpha value is -0.860. The molecule has 0 aromatic heterocycles. The summed E-state index contributed by atoms with van der Waals surface area (Å²) in [6.45, 7) is 3.01. The molecule has 1 aromatic rings. The van der Waals surface area contributed by atoms with Gasteiger partial charge in [0.25, 0.3) is 0 Å². The Balaban J connectivity index is 1.68. The maximum absolute atomic E-state index is 5.44. The van der Waals surface area contributed by atoms with Crippen LogP contribution in [0.1, 0.15) is 24.3 Å². The largest absolute Gasteiger partial charge is 0.330 e. The van der Waals surface area contributed by atoms with Crippen LogP contribution < -0.4 is 11.1 Å². The first-order chi connectivity index (χ1) is 7.42. The maximum Gasteiger partial charge on any atom is -0.00144 e. The van der Waals surface area contributed by atoms with E-state index >= 15 is 0 Å². The lowest BCUT2D eigenvalue weighted by atomic mass is 10.1. The van der Waals surface area contributed by atoms with Crippen molar-refractivity contribution in [2.75, 3.05) is 19.6 Å². The van der Waals surface area contributed by atoms with Crippen LogP contribution in [0, 0.1) is 5.92 Å². The molecular weight excluding hydrogens is 184 g/mol. The van der Waals surface area contributed by atoms with Crippen LogP contribution in [0.2, 0.25) is 0 Å². The zero-order chi connectivity index (χ0) is 10.5. The Labute approximate surface area is 91.9 Å². The summed E-state index contributed by atoms with van der Waals surface area (Å²) in [5.74, 6) is 1.65. The van der Waals surface area contributed by atoms with Crippen molar-refractivity contribution in [1.29, 1.82) is 0 Å². The third-order valence-corrected chi connectivity index (χ3v) is 3.11. The summed E-state index contributed by atoms with van der Waals surface area (Å²) in [5.41, 5.74) is 6.94. The number of nitrogens with two attached hydrogens (primary N) is 1. The van der Waals surface area contributed by atoms with E-state index in [1.807, 2.05) is 0 Å². The molecule has 2 unspecified atom stereocenters. The van der Waals surface area contributed by atoms with Crippen molar-refractivity contribution in [3.05, 3.63) is 35.9 Å². The smallest absolute Gasteiger partial charge is 0.00144 e. The average molecular weight is 204 g/mol. The van der Waals surface area contributed by atoms with Gasteiger partial charge in [0.05, 0.1) is 0 Å². The van der Waals surface area contributed by atoms with E-state index < -0.39 is 0 Å². The summed E-state index contributed by atoms with van der Waals surface area (Å²) in [4.78, 5) is 0. The molecule has 0 amide bonds. The first kappa shape index (κ1) is 10.7. The maximum atomic E-state index is 5.44. The lowest BCUT2D eigenvalue weighted by molar-refractivity contribution is 0.609. The van der Waals surface area contributed by atoms with E-state index in [2.05, 4.69) is 35.6 Å². The zero-order valence-electron chi connectivity index (χ0n) is 9.15. The molecule has 0 heterocycles. The molecule has 82 valence electrons. The van der Waals surface area contributed by atoms with Gasteiger partial charge in [0.1, 0.15) is 0 Å². The molecular formula is C13H20N2. The van der Waals surface area contributed by atoms with E-state index in [1.165, 1.54) is 12.0 Å². The van der Waals surface area contributed by atoms with Crippen LogP contribution in [0.4, 0.5) is 0 Å². The van der Waals surface area contributed by atoms with Gasteiger partial charge < -0.3 is 11.1 Å². The first-order valence-corrected chi connectivity index (χ1v) is 5.87. The number of rotatable bonds is 6. The van der Waals surface area contributed by atoms with Crippen molar-refractivity contribution in [2.45, 2.75) is 18.8 Å². The predicted molar refractivity (Wildman–Crippen MR) is 63.8 cm³/mol. The van der Waals surface area contributed by atoms with Crippen LogP contribution in [0.3, 0.4) is 0 Å². The molecule has 2 heteroatoms. The molecule has 0 spiro atoms.